The van der Waals surface area contributed by atoms with Crippen LogP contribution in [0.4, 0.5) is 11.4 Å². The molecule has 3 heterocycles. The van der Waals surface area contributed by atoms with E-state index < -0.39 is 27.8 Å². The molecule has 2 aromatic carbocycles. The van der Waals surface area contributed by atoms with Crippen LogP contribution in [0.15, 0.2) is 58.4 Å². The maximum absolute atomic E-state index is 12.0. The number of hydrogen-bond acceptors (Lipinski definition) is 8. The largest absolute Gasteiger partial charge is 0.481 e. The van der Waals surface area contributed by atoms with Crippen LogP contribution >= 0.6 is 11.3 Å². The zero-order chi connectivity index (χ0) is 27.4. The van der Waals surface area contributed by atoms with Gasteiger partial charge >= 0.3 is 5.97 Å². The van der Waals surface area contributed by atoms with Crippen molar-refractivity contribution >= 4 is 44.2 Å². The van der Waals surface area contributed by atoms with Gasteiger partial charge in [-0.3, -0.25) is 14.4 Å². The van der Waals surface area contributed by atoms with Crippen LogP contribution in [-0.4, -0.2) is 46.2 Å². The number of aryl methyl sites for hydroxylation is 2. The highest BCUT2D eigenvalue weighted by atomic mass is 32.2. The predicted octanol–water partition coefficient (Wildman–Crippen LogP) is 5.01. The first-order valence-electron chi connectivity index (χ1n) is 12.0. The molecule has 196 valence electrons. The van der Waals surface area contributed by atoms with Crippen molar-refractivity contribution in [3.05, 3.63) is 81.7 Å². The van der Waals surface area contributed by atoms with E-state index in [0.29, 0.717) is 23.0 Å². The summed E-state index contributed by atoms with van der Waals surface area (Å²) in [5.74, 6) is -0.582. The van der Waals surface area contributed by atoms with E-state index in [2.05, 4.69) is 22.4 Å². The minimum absolute atomic E-state index is 0.239. The van der Waals surface area contributed by atoms with Crippen LogP contribution in [0.2, 0.25) is 0 Å². The van der Waals surface area contributed by atoms with Crippen molar-refractivity contribution in [2.24, 2.45) is 10.9 Å². The van der Waals surface area contributed by atoms with Gasteiger partial charge in [-0.1, -0.05) is 18.2 Å². The van der Waals surface area contributed by atoms with Gasteiger partial charge in [0, 0.05) is 33.6 Å². The maximum atomic E-state index is 12.0. The number of anilines is 2. The van der Waals surface area contributed by atoms with E-state index in [9.17, 15) is 18.3 Å². The van der Waals surface area contributed by atoms with Crippen molar-refractivity contribution in [2.45, 2.75) is 38.6 Å². The fourth-order valence-corrected chi connectivity index (χ4v) is 6.38. The highest BCUT2D eigenvalue weighted by Gasteiger charge is 2.36. The van der Waals surface area contributed by atoms with E-state index in [1.807, 2.05) is 42.7 Å². The zero-order valence-corrected chi connectivity index (χ0v) is 23.2. The second-order valence-electron chi connectivity index (χ2n) is 9.46. The van der Waals surface area contributed by atoms with Crippen LogP contribution in [0.25, 0.3) is 5.00 Å². The van der Waals surface area contributed by atoms with Gasteiger partial charge in [0.15, 0.2) is 15.7 Å². The predicted molar refractivity (Wildman–Crippen MR) is 148 cm³/mol. The molecule has 1 unspecified atom stereocenters. The number of carboxylic acid groups (broad SMARTS) is 1. The Bertz CT molecular complexity index is 1700. The van der Waals surface area contributed by atoms with Crippen LogP contribution in [0, 0.1) is 26.7 Å². The summed E-state index contributed by atoms with van der Waals surface area (Å²) in [6, 6.07) is 13.6. The van der Waals surface area contributed by atoms with Crippen LogP contribution in [-0.2, 0) is 14.6 Å². The Kier molecular flexibility index (Phi) is 6.44. The number of nitrogens with one attached hydrogen (secondary N) is 1. The monoisotopic (exact) mass is 549 g/mol. The summed E-state index contributed by atoms with van der Waals surface area (Å²) in [6.07, 6.45) is 1.18. The van der Waals surface area contributed by atoms with Gasteiger partial charge in [0.2, 0.25) is 0 Å². The maximum Gasteiger partial charge on any atom is 0.308 e. The van der Waals surface area contributed by atoms with Crippen molar-refractivity contribution in [3.63, 3.8) is 0 Å². The number of carboxylic acids is 1. The molecule has 0 fully saturated rings. The molecule has 5 rings (SSSR count). The standard InChI is InChI=1S/C27H27N5O4S2/c1-14-16(3)37-26-22(14)24(29-23(15(2)27(33)34)25-31-30-17(4)32(25)26)18-9-11-19(12-10-18)28-20-7-6-8-21(13-20)38(5,35)36/h6-13,15,23,28H,1-5H3,(H,33,34)/t15-,23?/m0/s1. The van der Waals surface area contributed by atoms with Gasteiger partial charge in [0.1, 0.15) is 16.9 Å². The number of fused-ring (bicyclic) bond motifs is 3. The molecule has 11 heteroatoms. The molecule has 1 aliphatic rings. The third-order valence-corrected chi connectivity index (χ3v) is 9.06. The van der Waals surface area contributed by atoms with E-state index in [4.69, 9.17) is 4.99 Å². The van der Waals surface area contributed by atoms with Gasteiger partial charge in [0.05, 0.1) is 16.5 Å². The van der Waals surface area contributed by atoms with E-state index in [1.54, 1.807) is 42.5 Å². The molecule has 0 bridgehead atoms. The molecule has 0 radical (unpaired) electrons. The van der Waals surface area contributed by atoms with Crippen molar-refractivity contribution in [1.29, 1.82) is 0 Å². The molecule has 0 amide bonds. The lowest BCUT2D eigenvalue weighted by atomic mass is 9.98. The quantitative estimate of drug-likeness (QED) is 0.346. The van der Waals surface area contributed by atoms with Crippen LogP contribution in [0.1, 0.15) is 46.2 Å². The molecule has 0 saturated heterocycles. The lowest BCUT2D eigenvalue weighted by molar-refractivity contribution is -0.141. The number of rotatable bonds is 6. The Balaban J connectivity index is 1.59. The molecule has 9 nitrogen and oxygen atoms in total. The van der Waals surface area contributed by atoms with Gasteiger partial charge in [-0.05, 0) is 63.6 Å². The highest BCUT2D eigenvalue weighted by Crippen LogP contribution is 2.40. The summed E-state index contributed by atoms with van der Waals surface area (Å²) in [7, 11) is -3.32. The van der Waals surface area contributed by atoms with Gasteiger partial charge in [-0.2, -0.15) is 0 Å². The first kappa shape index (κ1) is 25.8. The third-order valence-electron chi connectivity index (χ3n) is 6.76. The number of carbonyl (C=O) groups is 1. The number of nitrogens with zero attached hydrogens (tertiary/aromatic N) is 4. The molecule has 0 aliphatic carbocycles. The Morgan fingerprint density at radius 1 is 1.08 bits per heavy atom. The molecule has 38 heavy (non-hydrogen) atoms. The van der Waals surface area contributed by atoms with Crippen molar-refractivity contribution < 1.29 is 18.3 Å². The smallest absolute Gasteiger partial charge is 0.308 e. The first-order chi connectivity index (χ1) is 18.0. The van der Waals surface area contributed by atoms with Crippen LogP contribution in [0.3, 0.4) is 0 Å². The van der Waals surface area contributed by atoms with Gasteiger partial charge < -0.3 is 10.4 Å². The van der Waals surface area contributed by atoms with Crippen molar-refractivity contribution in [1.82, 2.24) is 14.8 Å². The van der Waals surface area contributed by atoms with E-state index >= 15 is 0 Å². The number of thiophene rings is 1. The van der Waals surface area contributed by atoms with E-state index in [-0.39, 0.29) is 4.90 Å². The lowest BCUT2D eigenvalue weighted by Gasteiger charge is -2.16. The van der Waals surface area contributed by atoms with Gasteiger partial charge in [0.25, 0.3) is 0 Å². The van der Waals surface area contributed by atoms with E-state index in [1.165, 1.54) is 6.26 Å². The molecule has 2 aromatic heterocycles. The summed E-state index contributed by atoms with van der Waals surface area (Å²) >= 11 is 1.61. The number of sulfone groups is 1. The Labute approximate surface area is 224 Å². The normalized spacial score (nSPS) is 15.7. The molecule has 0 saturated carbocycles. The molecular formula is C27H27N5O4S2. The Hall–Kier alpha value is -3.83. The number of benzene rings is 2. The van der Waals surface area contributed by atoms with Gasteiger partial charge in [-0.25, -0.2) is 8.42 Å². The second-order valence-corrected chi connectivity index (χ2v) is 12.7. The minimum atomic E-state index is -3.32. The van der Waals surface area contributed by atoms with Crippen LogP contribution in [0.5, 0.6) is 0 Å². The molecule has 4 aromatic rings. The number of aliphatic imine (C=N–C) groups is 1. The fraction of sp³-hybridized carbons (Fsp3) is 0.259. The third kappa shape index (κ3) is 4.52. The van der Waals surface area contributed by atoms with E-state index in [0.717, 1.165) is 32.3 Å². The summed E-state index contributed by atoms with van der Waals surface area (Å²) in [5, 5.41) is 22.6. The summed E-state index contributed by atoms with van der Waals surface area (Å²) < 4.78 is 25.8. The van der Waals surface area contributed by atoms with Gasteiger partial charge in [-0.15, -0.1) is 21.5 Å². The van der Waals surface area contributed by atoms with Crippen molar-refractivity contribution in [3.8, 4) is 5.00 Å². The highest BCUT2D eigenvalue weighted by molar-refractivity contribution is 7.90. The lowest BCUT2D eigenvalue weighted by Crippen LogP contribution is -2.21. The SMILES string of the molecule is Cc1sc2c(c1C)C(c1ccc(Nc3cccc(S(C)(=O)=O)c3)cc1)=NC([C@H](C)C(=O)O)c1nnc(C)n1-2. The summed E-state index contributed by atoms with van der Waals surface area (Å²) in [6.45, 7) is 7.60. The average molecular weight is 550 g/mol. The molecule has 2 N–H and O–H groups in total. The Morgan fingerprint density at radius 2 is 1.79 bits per heavy atom. The zero-order valence-electron chi connectivity index (χ0n) is 21.6. The molecule has 0 spiro atoms. The van der Waals surface area contributed by atoms with Crippen LogP contribution < -0.4 is 5.32 Å². The molecule has 2 atom stereocenters. The summed E-state index contributed by atoms with van der Waals surface area (Å²) in [5.41, 5.74) is 4.99. The minimum Gasteiger partial charge on any atom is -0.481 e. The average Bonchev–Trinajstić information content (AvgIpc) is 3.33. The Morgan fingerprint density at radius 3 is 2.45 bits per heavy atom. The van der Waals surface area contributed by atoms with Crippen molar-refractivity contribution in [2.75, 3.05) is 11.6 Å². The molecular weight excluding hydrogens is 522 g/mol. The molecule has 1 aliphatic heterocycles. The number of hydrogen-bond donors (Lipinski definition) is 2. The number of aromatic nitrogens is 3. The fourth-order valence-electron chi connectivity index (χ4n) is 4.50. The number of aliphatic carboxylic acids is 1. The summed E-state index contributed by atoms with van der Waals surface area (Å²) in [4.78, 5) is 18.4. The second kappa shape index (κ2) is 9.48. The topological polar surface area (TPSA) is 127 Å². The first-order valence-corrected chi connectivity index (χ1v) is 14.7.